The molecule has 0 aliphatic carbocycles. The number of rotatable bonds is 6. The number of carbonyl (C=O) groups is 2. The molecule has 0 bridgehead atoms. The molecule has 0 atom stereocenters. The standard InChI is InChI=1S/C20H18FN3O3S/c1-13-3-7-15(8-4-13)23-18(25)12-27-19(26)17-11-22-20(28-2)24(17)16-9-5-14(21)6-10-16/h3-11H,12H2,1-2H3,(H,23,25). The van der Waals surface area contributed by atoms with Gasteiger partial charge in [0, 0.05) is 11.4 Å². The summed E-state index contributed by atoms with van der Waals surface area (Å²) >= 11 is 1.33. The third-order valence-corrected chi connectivity index (χ3v) is 4.53. The van der Waals surface area contributed by atoms with E-state index in [2.05, 4.69) is 10.3 Å². The second kappa shape index (κ2) is 8.71. The molecule has 144 valence electrons. The largest absolute Gasteiger partial charge is 0.451 e. The average molecular weight is 399 g/mol. The normalized spacial score (nSPS) is 10.5. The minimum absolute atomic E-state index is 0.152. The quantitative estimate of drug-likeness (QED) is 0.504. The molecule has 0 aliphatic heterocycles. The number of carbonyl (C=O) groups excluding carboxylic acids is 2. The fourth-order valence-corrected chi connectivity index (χ4v) is 3.05. The Bertz CT molecular complexity index is 985. The van der Waals surface area contributed by atoms with E-state index in [-0.39, 0.29) is 11.5 Å². The molecule has 3 rings (SSSR count). The van der Waals surface area contributed by atoms with Crippen molar-refractivity contribution in [2.24, 2.45) is 0 Å². The number of nitrogens with one attached hydrogen (secondary N) is 1. The van der Waals surface area contributed by atoms with Crippen molar-refractivity contribution in [1.82, 2.24) is 9.55 Å². The smallest absolute Gasteiger partial charge is 0.357 e. The lowest BCUT2D eigenvalue weighted by Gasteiger charge is -2.11. The van der Waals surface area contributed by atoms with E-state index in [1.54, 1.807) is 16.7 Å². The molecule has 2 aromatic carbocycles. The van der Waals surface area contributed by atoms with E-state index in [1.165, 1.54) is 42.2 Å². The molecule has 1 aromatic heterocycles. The summed E-state index contributed by atoms with van der Waals surface area (Å²) in [6, 6.07) is 12.9. The number of halogens is 1. The molecule has 1 N–H and O–H groups in total. The van der Waals surface area contributed by atoms with Gasteiger partial charge in [0.15, 0.2) is 17.5 Å². The molecule has 3 aromatic rings. The SMILES string of the molecule is CSc1ncc(C(=O)OCC(=O)Nc2ccc(C)cc2)n1-c1ccc(F)cc1. The Morgan fingerprint density at radius 1 is 1.14 bits per heavy atom. The van der Waals surface area contributed by atoms with Crippen LogP contribution in [0.2, 0.25) is 0 Å². The van der Waals surface area contributed by atoms with Crippen molar-refractivity contribution in [3.8, 4) is 5.69 Å². The number of amides is 1. The van der Waals surface area contributed by atoms with Crippen molar-refractivity contribution in [2.45, 2.75) is 12.1 Å². The van der Waals surface area contributed by atoms with Crippen molar-refractivity contribution in [3.05, 3.63) is 71.8 Å². The van der Waals surface area contributed by atoms with Gasteiger partial charge in [-0.2, -0.15) is 0 Å². The molecule has 8 heteroatoms. The maximum Gasteiger partial charge on any atom is 0.357 e. The van der Waals surface area contributed by atoms with Crippen LogP contribution in [0.4, 0.5) is 10.1 Å². The Balaban J connectivity index is 1.70. The predicted molar refractivity (Wildman–Crippen MR) is 105 cm³/mol. The molecular weight excluding hydrogens is 381 g/mol. The van der Waals surface area contributed by atoms with Crippen molar-refractivity contribution < 1.29 is 18.7 Å². The van der Waals surface area contributed by atoms with E-state index in [1.807, 2.05) is 25.3 Å². The molecule has 0 fully saturated rings. The van der Waals surface area contributed by atoms with Gasteiger partial charge in [-0.25, -0.2) is 14.2 Å². The van der Waals surface area contributed by atoms with Gasteiger partial charge in [-0.3, -0.25) is 9.36 Å². The second-order valence-electron chi connectivity index (χ2n) is 5.93. The Kier molecular flexibility index (Phi) is 6.10. The zero-order valence-electron chi connectivity index (χ0n) is 15.3. The van der Waals surface area contributed by atoms with Crippen LogP contribution in [0.3, 0.4) is 0 Å². The Labute approximate surface area is 165 Å². The van der Waals surface area contributed by atoms with Crippen molar-refractivity contribution in [2.75, 3.05) is 18.2 Å². The molecule has 0 radical (unpaired) electrons. The number of thioether (sulfide) groups is 1. The van der Waals surface area contributed by atoms with Crippen LogP contribution in [-0.2, 0) is 9.53 Å². The molecule has 0 spiro atoms. The summed E-state index contributed by atoms with van der Waals surface area (Å²) in [5.41, 5.74) is 2.41. The fourth-order valence-electron chi connectivity index (χ4n) is 2.50. The van der Waals surface area contributed by atoms with Crippen LogP contribution >= 0.6 is 11.8 Å². The van der Waals surface area contributed by atoms with Crippen LogP contribution < -0.4 is 5.32 Å². The number of anilines is 1. The van der Waals surface area contributed by atoms with Crippen LogP contribution in [0.25, 0.3) is 5.69 Å². The lowest BCUT2D eigenvalue weighted by Crippen LogP contribution is -2.22. The summed E-state index contributed by atoms with van der Waals surface area (Å²) < 4.78 is 19.9. The van der Waals surface area contributed by atoms with Crippen LogP contribution in [0.1, 0.15) is 16.1 Å². The van der Waals surface area contributed by atoms with Gasteiger partial charge in [0.1, 0.15) is 5.82 Å². The number of aromatic nitrogens is 2. The Hall–Kier alpha value is -3.13. The number of ether oxygens (including phenoxy) is 1. The van der Waals surface area contributed by atoms with E-state index in [9.17, 15) is 14.0 Å². The minimum atomic E-state index is -0.698. The van der Waals surface area contributed by atoms with Crippen LogP contribution in [0, 0.1) is 12.7 Å². The molecule has 0 aliphatic rings. The molecule has 6 nitrogen and oxygen atoms in total. The van der Waals surface area contributed by atoms with E-state index in [0.717, 1.165) is 5.56 Å². The average Bonchev–Trinajstić information content (AvgIpc) is 3.13. The summed E-state index contributed by atoms with van der Waals surface area (Å²) in [7, 11) is 0. The first-order chi connectivity index (χ1) is 13.5. The molecule has 1 amide bonds. The maximum atomic E-state index is 13.2. The van der Waals surface area contributed by atoms with Crippen molar-refractivity contribution in [1.29, 1.82) is 0 Å². The lowest BCUT2D eigenvalue weighted by atomic mass is 10.2. The summed E-state index contributed by atoms with van der Waals surface area (Å²) in [6.07, 6.45) is 3.18. The number of aryl methyl sites for hydroxylation is 1. The predicted octanol–water partition coefficient (Wildman–Crippen LogP) is 3.84. The highest BCUT2D eigenvalue weighted by atomic mass is 32.2. The first-order valence-corrected chi connectivity index (χ1v) is 9.61. The highest BCUT2D eigenvalue weighted by Crippen LogP contribution is 2.22. The second-order valence-corrected chi connectivity index (χ2v) is 6.71. The molecule has 0 saturated heterocycles. The summed E-state index contributed by atoms with van der Waals surface area (Å²) in [4.78, 5) is 28.7. The number of imidazole rings is 1. The van der Waals surface area contributed by atoms with E-state index >= 15 is 0 Å². The molecular formula is C20H18FN3O3S. The number of hydrogen-bond acceptors (Lipinski definition) is 5. The molecule has 1 heterocycles. The van der Waals surface area contributed by atoms with Crippen LogP contribution in [0.5, 0.6) is 0 Å². The van der Waals surface area contributed by atoms with E-state index < -0.39 is 18.5 Å². The van der Waals surface area contributed by atoms with Gasteiger partial charge in [-0.05, 0) is 49.6 Å². The molecule has 0 saturated carbocycles. The number of benzene rings is 2. The van der Waals surface area contributed by atoms with E-state index in [0.29, 0.717) is 16.5 Å². The first kappa shape index (κ1) is 19.6. The molecule has 0 unspecified atom stereocenters. The van der Waals surface area contributed by atoms with E-state index in [4.69, 9.17) is 4.74 Å². The summed E-state index contributed by atoms with van der Waals surface area (Å²) in [5.74, 6) is -1.53. The van der Waals surface area contributed by atoms with Gasteiger partial charge in [0.05, 0.1) is 6.20 Å². The van der Waals surface area contributed by atoms with Gasteiger partial charge in [0.2, 0.25) is 0 Å². The van der Waals surface area contributed by atoms with Gasteiger partial charge >= 0.3 is 5.97 Å². The monoisotopic (exact) mass is 399 g/mol. The maximum absolute atomic E-state index is 13.2. The fraction of sp³-hybridized carbons (Fsp3) is 0.150. The molecule has 28 heavy (non-hydrogen) atoms. The first-order valence-electron chi connectivity index (χ1n) is 8.39. The highest BCUT2D eigenvalue weighted by Gasteiger charge is 2.20. The van der Waals surface area contributed by atoms with Gasteiger partial charge in [0.25, 0.3) is 5.91 Å². The third-order valence-electron chi connectivity index (χ3n) is 3.88. The van der Waals surface area contributed by atoms with Crippen molar-refractivity contribution >= 4 is 29.3 Å². The van der Waals surface area contributed by atoms with Crippen molar-refractivity contribution in [3.63, 3.8) is 0 Å². The number of nitrogens with zero attached hydrogens (tertiary/aromatic N) is 2. The summed E-state index contributed by atoms with van der Waals surface area (Å²) in [6.45, 7) is 1.51. The minimum Gasteiger partial charge on any atom is -0.451 e. The zero-order valence-corrected chi connectivity index (χ0v) is 16.1. The Morgan fingerprint density at radius 2 is 1.82 bits per heavy atom. The number of esters is 1. The lowest BCUT2D eigenvalue weighted by molar-refractivity contribution is -0.119. The zero-order chi connectivity index (χ0) is 20.1. The highest BCUT2D eigenvalue weighted by molar-refractivity contribution is 7.98. The van der Waals surface area contributed by atoms with Crippen LogP contribution in [-0.4, -0.2) is 34.3 Å². The number of hydrogen-bond donors (Lipinski definition) is 1. The van der Waals surface area contributed by atoms with Gasteiger partial charge < -0.3 is 10.1 Å². The topological polar surface area (TPSA) is 73.2 Å². The van der Waals surface area contributed by atoms with Gasteiger partial charge in [-0.15, -0.1) is 0 Å². The van der Waals surface area contributed by atoms with Crippen LogP contribution in [0.15, 0.2) is 59.9 Å². The third kappa shape index (κ3) is 4.58. The van der Waals surface area contributed by atoms with Gasteiger partial charge in [-0.1, -0.05) is 29.5 Å². The summed E-state index contributed by atoms with van der Waals surface area (Å²) in [5, 5.41) is 3.20. The Morgan fingerprint density at radius 3 is 2.46 bits per heavy atom.